The van der Waals surface area contributed by atoms with E-state index in [1.807, 2.05) is 109 Å². The average Bonchev–Trinajstić information content (AvgIpc) is 2.90. The summed E-state index contributed by atoms with van der Waals surface area (Å²) in [7, 11) is 0. The van der Waals surface area contributed by atoms with Crippen LogP contribution in [0.25, 0.3) is 0 Å². The van der Waals surface area contributed by atoms with E-state index in [1.165, 1.54) is 0 Å². The first-order chi connectivity index (χ1) is 16.8. The zero-order chi connectivity index (χ0) is 23.4. The molecule has 0 radical (unpaired) electrons. The minimum Gasteiger partial charge on any atom is -0.485 e. The van der Waals surface area contributed by atoms with Gasteiger partial charge in [-0.3, -0.25) is 4.79 Å². The molecular formula is C30H28O4. The van der Waals surface area contributed by atoms with Gasteiger partial charge in [0, 0.05) is 6.42 Å². The lowest BCUT2D eigenvalue weighted by molar-refractivity contribution is -0.144. The normalized spacial score (nSPS) is 10.5. The highest BCUT2D eigenvalue weighted by atomic mass is 16.5. The molecule has 4 heteroatoms. The van der Waals surface area contributed by atoms with Crippen molar-refractivity contribution in [2.45, 2.75) is 32.7 Å². The molecule has 34 heavy (non-hydrogen) atoms. The second-order valence-electron chi connectivity index (χ2n) is 7.98. The molecule has 0 aromatic heterocycles. The number of benzene rings is 4. The van der Waals surface area contributed by atoms with E-state index >= 15 is 0 Å². The maximum Gasteiger partial charge on any atom is 0.306 e. The van der Waals surface area contributed by atoms with Crippen molar-refractivity contribution in [3.05, 3.63) is 131 Å². The van der Waals surface area contributed by atoms with Crippen molar-refractivity contribution in [3.8, 4) is 11.5 Å². The van der Waals surface area contributed by atoms with Crippen molar-refractivity contribution in [2.24, 2.45) is 0 Å². The van der Waals surface area contributed by atoms with Gasteiger partial charge in [0.2, 0.25) is 0 Å². The van der Waals surface area contributed by atoms with E-state index in [4.69, 9.17) is 14.2 Å². The summed E-state index contributed by atoms with van der Waals surface area (Å²) in [5, 5.41) is 0. The molecule has 0 spiro atoms. The Morgan fingerprint density at radius 3 is 1.59 bits per heavy atom. The van der Waals surface area contributed by atoms with Gasteiger partial charge in [-0.15, -0.1) is 0 Å². The van der Waals surface area contributed by atoms with Crippen LogP contribution >= 0.6 is 0 Å². The second kappa shape index (κ2) is 12.3. The van der Waals surface area contributed by atoms with Crippen molar-refractivity contribution in [1.29, 1.82) is 0 Å². The lowest BCUT2D eigenvalue weighted by atomic mass is 10.1. The van der Waals surface area contributed by atoms with E-state index in [-0.39, 0.29) is 12.6 Å². The molecule has 0 aliphatic heterocycles. The lowest BCUT2D eigenvalue weighted by Crippen LogP contribution is -2.06. The summed E-state index contributed by atoms with van der Waals surface area (Å²) in [5.41, 5.74) is 4.13. The zero-order valence-electron chi connectivity index (χ0n) is 19.1. The van der Waals surface area contributed by atoms with Crippen molar-refractivity contribution in [3.63, 3.8) is 0 Å². The molecule has 0 atom stereocenters. The predicted octanol–water partition coefficient (Wildman–Crippen LogP) is 6.52. The zero-order valence-corrected chi connectivity index (χ0v) is 19.1. The molecule has 0 saturated heterocycles. The maximum atomic E-state index is 12.2. The number of esters is 1. The Kier molecular flexibility index (Phi) is 8.34. The van der Waals surface area contributed by atoms with Crippen LogP contribution in [0.4, 0.5) is 0 Å². The Labute approximate surface area is 200 Å². The van der Waals surface area contributed by atoms with E-state index < -0.39 is 0 Å². The quantitative estimate of drug-likeness (QED) is 0.243. The van der Waals surface area contributed by atoms with Crippen LogP contribution < -0.4 is 9.47 Å². The summed E-state index contributed by atoms with van der Waals surface area (Å²) in [6, 6.07) is 35.6. The van der Waals surface area contributed by atoms with Gasteiger partial charge < -0.3 is 14.2 Å². The molecule has 0 heterocycles. The van der Waals surface area contributed by atoms with Gasteiger partial charge in [-0.1, -0.05) is 97.1 Å². The molecule has 0 fully saturated rings. The molecule has 0 N–H and O–H groups in total. The van der Waals surface area contributed by atoms with Crippen LogP contribution in [-0.4, -0.2) is 5.97 Å². The standard InChI is InChI=1S/C30H28O4/c31-30(34-23-27-14-8-3-9-15-27)19-17-24-16-18-28(32-21-25-10-4-1-5-11-25)29(20-24)33-22-26-12-6-2-7-13-26/h1-16,18,20H,17,19,21-23H2. The Hall–Kier alpha value is -4.05. The molecule has 4 aromatic carbocycles. The number of ether oxygens (including phenoxy) is 3. The molecule has 172 valence electrons. The van der Waals surface area contributed by atoms with Gasteiger partial charge in [-0.2, -0.15) is 0 Å². The van der Waals surface area contributed by atoms with Crippen LogP contribution in [0.5, 0.6) is 11.5 Å². The van der Waals surface area contributed by atoms with E-state index in [2.05, 4.69) is 0 Å². The van der Waals surface area contributed by atoms with Crippen LogP contribution in [0.2, 0.25) is 0 Å². The molecule has 0 unspecified atom stereocenters. The third-order valence-corrected chi connectivity index (χ3v) is 5.34. The fourth-order valence-corrected chi connectivity index (χ4v) is 3.47. The molecule has 0 aliphatic rings. The van der Waals surface area contributed by atoms with Crippen molar-refractivity contribution < 1.29 is 19.0 Å². The van der Waals surface area contributed by atoms with Crippen molar-refractivity contribution >= 4 is 5.97 Å². The summed E-state index contributed by atoms with van der Waals surface area (Å²) < 4.78 is 17.6. The number of aryl methyl sites for hydroxylation is 1. The Morgan fingerprint density at radius 1 is 0.529 bits per heavy atom. The van der Waals surface area contributed by atoms with Crippen LogP contribution in [0.3, 0.4) is 0 Å². The predicted molar refractivity (Wildman–Crippen MR) is 133 cm³/mol. The molecule has 4 aromatic rings. The summed E-state index contributed by atoms with van der Waals surface area (Å²) in [6.45, 7) is 1.18. The smallest absolute Gasteiger partial charge is 0.306 e. The first kappa shape index (κ1) is 23.1. The molecular weight excluding hydrogens is 424 g/mol. The molecule has 0 aliphatic carbocycles. The highest BCUT2D eigenvalue weighted by Crippen LogP contribution is 2.30. The van der Waals surface area contributed by atoms with Gasteiger partial charge >= 0.3 is 5.97 Å². The van der Waals surface area contributed by atoms with Gasteiger partial charge in [0.15, 0.2) is 11.5 Å². The van der Waals surface area contributed by atoms with E-state index in [0.29, 0.717) is 37.6 Å². The lowest BCUT2D eigenvalue weighted by Gasteiger charge is -2.15. The number of hydrogen-bond donors (Lipinski definition) is 0. The second-order valence-corrected chi connectivity index (χ2v) is 7.98. The maximum absolute atomic E-state index is 12.2. The fraction of sp³-hybridized carbons (Fsp3) is 0.167. The Bertz CT molecular complexity index is 1160. The highest BCUT2D eigenvalue weighted by Gasteiger charge is 2.10. The van der Waals surface area contributed by atoms with E-state index in [0.717, 1.165) is 22.3 Å². The monoisotopic (exact) mass is 452 g/mol. The highest BCUT2D eigenvalue weighted by molar-refractivity contribution is 5.69. The summed E-state index contributed by atoms with van der Waals surface area (Å²) >= 11 is 0. The fourth-order valence-electron chi connectivity index (χ4n) is 3.47. The number of carbonyl (C=O) groups excluding carboxylic acids is 1. The van der Waals surface area contributed by atoms with E-state index in [1.54, 1.807) is 0 Å². The summed E-state index contributed by atoms with van der Waals surface area (Å²) in [4.78, 5) is 12.2. The molecule has 0 bridgehead atoms. The molecule has 4 rings (SSSR count). The first-order valence-corrected chi connectivity index (χ1v) is 11.4. The minimum absolute atomic E-state index is 0.222. The van der Waals surface area contributed by atoms with Crippen molar-refractivity contribution in [1.82, 2.24) is 0 Å². The van der Waals surface area contributed by atoms with Gasteiger partial charge in [-0.05, 0) is 40.8 Å². The average molecular weight is 453 g/mol. The first-order valence-electron chi connectivity index (χ1n) is 11.4. The molecule has 4 nitrogen and oxygen atoms in total. The van der Waals surface area contributed by atoms with Gasteiger partial charge in [-0.25, -0.2) is 0 Å². The van der Waals surface area contributed by atoms with E-state index in [9.17, 15) is 4.79 Å². The van der Waals surface area contributed by atoms with Crippen LogP contribution in [0, 0.1) is 0 Å². The van der Waals surface area contributed by atoms with Gasteiger partial charge in [0.1, 0.15) is 19.8 Å². The largest absolute Gasteiger partial charge is 0.485 e. The summed E-state index contributed by atoms with van der Waals surface area (Å²) in [5.74, 6) is 1.12. The molecule has 0 amide bonds. The van der Waals surface area contributed by atoms with Crippen LogP contribution in [0.1, 0.15) is 28.7 Å². The van der Waals surface area contributed by atoms with Crippen LogP contribution in [-0.2, 0) is 35.8 Å². The number of carbonyl (C=O) groups is 1. The van der Waals surface area contributed by atoms with Gasteiger partial charge in [0.05, 0.1) is 0 Å². The molecule has 0 saturated carbocycles. The topological polar surface area (TPSA) is 44.8 Å². The Balaban J connectivity index is 1.38. The minimum atomic E-state index is -0.222. The summed E-state index contributed by atoms with van der Waals surface area (Å²) in [6.07, 6.45) is 0.865. The third kappa shape index (κ3) is 7.24. The number of hydrogen-bond acceptors (Lipinski definition) is 4. The SMILES string of the molecule is O=C(CCc1ccc(OCc2ccccc2)c(OCc2ccccc2)c1)OCc1ccccc1. The van der Waals surface area contributed by atoms with Crippen LogP contribution in [0.15, 0.2) is 109 Å². The Morgan fingerprint density at radius 2 is 1.03 bits per heavy atom. The number of rotatable bonds is 11. The third-order valence-electron chi connectivity index (χ3n) is 5.34. The van der Waals surface area contributed by atoms with Crippen molar-refractivity contribution in [2.75, 3.05) is 0 Å². The van der Waals surface area contributed by atoms with Gasteiger partial charge in [0.25, 0.3) is 0 Å².